The third-order valence-electron chi connectivity index (χ3n) is 2.73. The molecule has 6 heteroatoms. The quantitative estimate of drug-likeness (QED) is 0.729. The molecule has 1 rings (SSSR count). The summed E-state index contributed by atoms with van der Waals surface area (Å²) in [4.78, 5) is 33.5. The minimum atomic E-state index is -1.25. The Bertz CT molecular complexity index is 518. The number of aryl methyl sites for hydroxylation is 2. The monoisotopic (exact) mass is 279 g/mol. The van der Waals surface area contributed by atoms with Gasteiger partial charge in [-0.3, -0.25) is 9.59 Å². The number of carbonyl (C=O) groups excluding carboxylic acids is 1. The van der Waals surface area contributed by atoms with E-state index in [9.17, 15) is 14.4 Å². The summed E-state index contributed by atoms with van der Waals surface area (Å²) in [6, 6.07) is 3.99. The van der Waals surface area contributed by atoms with E-state index in [0.717, 1.165) is 11.1 Å². The van der Waals surface area contributed by atoms with Gasteiger partial charge in [-0.2, -0.15) is 0 Å². The maximum atomic E-state index is 12.0. The number of rotatable bonds is 6. The summed E-state index contributed by atoms with van der Waals surface area (Å²) in [5, 5.41) is 19.9. The van der Waals surface area contributed by atoms with Crippen molar-refractivity contribution in [2.45, 2.75) is 32.7 Å². The number of hydrogen-bond donors (Lipinski definition) is 3. The zero-order valence-corrected chi connectivity index (χ0v) is 11.3. The third-order valence-corrected chi connectivity index (χ3v) is 2.73. The predicted octanol–water partition coefficient (Wildman–Crippen LogP) is 1.35. The SMILES string of the molecule is Cc1cc(C)cc(C(=O)N[C@@H](CCC(=O)O)C(=O)O)c1. The molecule has 0 aliphatic heterocycles. The normalized spacial score (nSPS) is 11.7. The molecule has 0 radical (unpaired) electrons. The van der Waals surface area contributed by atoms with E-state index in [1.54, 1.807) is 12.1 Å². The van der Waals surface area contributed by atoms with E-state index >= 15 is 0 Å². The van der Waals surface area contributed by atoms with Crippen LogP contribution in [0.25, 0.3) is 0 Å². The molecule has 1 atom stereocenters. The number of carboxylic acid groups (broad SMARTS) is 2. The van der Waals surface area contributed by atoms with Crippen LogP contribution in [0.2, 0.25) is 0 Å². The Morgan fingerprint density at radius 3 is 2.10 bits per heavy atom. The highest BCUT2D eigenvalue weighted by molar-refractivity contribution is 5.97. The summed E-state index contributed by atoms with van der Waals surface area (Å²) in [5.41, 5.74) is 2.16. The van der Waals surface area contributed by atoms with Crippen LogP contribution in [0.5, 0.6) is 0 Å². The van der Waals surface area contributed by atoms with Crippen molar-refractivity contribution in [3.8, 4) is 0 Å². The molecule has 0 aliphatic carbocycles. The summed E-state index contributed by atoms with van der Waals surface area (Å²) in [6.45, 7) is 3.67. The average molecular weight is 279 g/mol. The summed E-state index contributed by atoms with van der Waals surface area (Å²) < 4.78 is 0. The van der Waals surface area contributed by atoms with Gasteiger partial charge < -0.3 is 15.5 Å². The zero-order chi connectivity index (χ0) is 15.3. The number of amides is 1. The van der Waals surface area contributed by atoms with Crippen molar-refractivity contribution in [2.24, 2.45) is 0 Å². The average Bonchev–Trinajstić information content (AvgIpc) is 2.32. The van der Waals surface area contributed by atoms with Gasteiger partial charge in [-0.25, -0.2) is 4.79 Å². The van der Waals surface area contributed by atoms with Gasteiger partial charge in [0, 0.05) is 12.0 Å². The van der Waals surface area contributed by atoms with E-state index in [2.05, 4.69) is 5.32 Å². The van der Waals surface area contributed by atoms with Crippen molar-refractivity contribution in [1.82, 2.24) is 5.32 Å². The van der Waals surface area contributed by atoms with Crippen LogP contribution in [0.4, 0.5) is 0 Å². The first kappa shape index (κ1) is 15.7. The number of benzene rings is 1. The van der Waals surface area contributed by atoms with E-state index in [1.165, 1.54) is 0 Å². The Balaban J connectivity index is 2.79. The lowest BCUT2D eigenvalue weighted by molar-refractivity contribution is -0.140. The largest absolute Gasteiger partial charge is 0.481 e. The second kappa shape index (κ2) is 6.70. The molecular weight excluding hydrogens is 262 g/mol. The Hall–Kier alpha value is -2.37. The maximum absolute atomic E-state index is 12.0. The molecule has 20 heavy (non-hydrogen) atoms. The van der Waals surface area contributed by atoms with Gasteiger partial charge in [-0.15, -0.1) is 0 Å². The minimum Gasteiger partial charge on any atom is -0.481 e. The molecule has 0 aliphatic rings. The van der Waals surface area contributed by atoms with Crippen LogP contribution in [-0.2, 0) is 9.59 Å². The molecule has 108 valence electrons. The predicted molar refractivity (Wildman–Crippen MR) is 71.7 cm³/mol. The van der Waals surface area contributed by atoms with E-state index in [0.29, 0.717) is 5.56 Å². The molecule has 0 saturated carbocycles. The Kier molecular flexibility index (Phi) is 5.25. The smallest absolute Gasteiger partial charge is 0.326 e. The number of hydrogen-bond acceptors (Lipinski definition) is 3. The molecule has 1 amide bonds. The molecule has 0 aromatic heterocycles. The van der Waals surface area contributed by atoms with Gasteiger partial charge in [-0.05, 0) is 32.4 Å². The van der Waals surface area contributed by atoms with E-state index in [4.69, 9.17) is 10.2 Å². The van der Waals surface area contributed by atoms with Crippen molar-refractivity contribution in [3.63, 3.8) is 0 Å². The molecule has 0 fully saturated rings. The maximum Gasteiger partial charge on any atom is 0.326 e. The first-order chi connectivity index (χ1) is 9.29. The van der Waals surface area contributed by atoms with Crippen molar-refractivity contribution < 1.29 is 24.6 Å². The van der Waals surface area contributed by atoms with Crippen molar-refractivity contribution in [3.05, 3.63) is 34.9 Å². The molecule has 0 spiro atoms. The fourth-order valence-electron chi connectivity index (χ4n) is 1.87. The van der Waals surface area contributed by atoms with Crippen LogP contribution in [0, 0.1) is 13.8 Å². The third kappa shape index (κ3) is 4.72. The summed E-state index contributed by atoms with van der Waals surface area (Å²) >= 11 is 0. The second-order valence-corrected chi connectivity index (χ2v) is 4.67. The molecular formula is C14H17NO5. The van der Waals surface area contributed by atoms with Crippen LogP contribution in [0.1, 0.15) is 34.3 Å². The van der Waals surface area contributed by atoms with Crippen molar-refractivity contribution >= 4 is 17.8 Å². The zero-order valence-electron chi connectivity index (χ0n) is 11.3. The van der Waals surface area contributed by atoms with Crippen LogP contribution >= 0.6 is 0 Å². The molecule has 3 N–H and O–H groups in total. The van der Waals surface area contributed by atoms with Gasteiger partial charge in [0.1, 0.15) is 6.04 Å². The Morgan fingerprint density at radius 2 is 1.65 bits per heavy atom. The molecule has 0 heterocycles. The number of carbonyl (C=O) groups is 3. The second-order valence-electron chi connectivity index (χ2n) is 4.67. The molecule has 0 bridgehead atoms. The lowest BCUT2D eigenvalue weighted by Gasteiger charge is -2.14. The molecule has 0 unspecified atom stereocenters. The van der Waals surface area contributed by atoms with E-state index in [-0.39, 0.29) is 12.8 Å². The van der Waals surface area contributed by atoms with Gasteiger partial charge in [0.25, 0.3) is 5.91 Å². The molecule has 1 aromatic carbocycles. The summed E-state index contributed by atoms with van der Waals surface area (Å²) in [6.07, 6.45) is -0.467. The Morgan fingerprint density at radius 1 is 1.10 bits per heavy atom. The van der Waals surface area contributed by atoms with Crippen LogP contribution in [0.15, 0.2) is 18.2 Å². The standard InChI is InChI=1S/C14H17NO5/c1-8-5-9(2)7-10(6-8)13(18)15-11(14(19)20)3-4-12(16)17/h5-7,11H,3-4H2,1-2H3,(H,15,18)(H,16,17)(H,19,20)/t11-/m0/s1. The number of carboxylic acids is 2. The topological polar surface area (TPSA) is 104 Å². The van der Waals surface area contributed by atoms with E-state index < -0.39 is 23.9 Å². The van der Waals surface area contributed by atoms with Crippen LogP contribution in [0.3, 0.4) is 0 Å². The van der Waals surface area contributed by atoms with Crippen molar-refractivity contribution in [2.75, 3.05) is 0 Å². The van der Waals surface area contributed by atoms with Gasteiger partial charge >= 0.3 is 11.9 Å². The van der Waals surface area contributed by atoms with Crippen molar-refractivity contribution in [1.29, 1.82) is 0 Å². The lowest BCUT2D eigenvalue weighted by atomic mass is 10.1. The van der Waals surface area contributed by atoms with Gasteiger partial charge in [0.05, 0.1) is 0 Å². The van der Waals surface area contributed by atoms with Gasteiger partial charge in [0.2, 0.25) is 0 Å². The minimum absolute atomic E-state index is 0.152. The molecule has 0 saturated heterocycles. The highest BCUT2D eigenvalue weighted by Crippen LogP contribution is 2.09. The lowest BCUT2D eigenvalue weighted by Crippen LogP contribution is -2.41. The molecule has 6 nitrogen and oxygen atoms in total. The van der Waals surface area contributed by atoms with E-state index in [1.807, 2.05) is 19.9 Å². The fourth-order valence-corrected chi connectivity index (χ4v) is 1.87. The number of aliphatic carboxylic acids is 2. The summed E-state index contributed by atoms with van der Waals surface area (Å²) in [5.74, 6) is -2.87. The van der Waals surface area contributed by atoms with Crippen LogP contribution < -0.4 is 5.32 Å². The Labute approximate surface area is 116 Å². The fraction of sp³-hybridized carbons (Fsp3) is 0.357. The van der Waals surface area contributed by atoms with Crippen LogP contribution in [-0.4, -0.2) is 34.1 Å². The highest BCUT2D eigenvalue weighted by Gasteiger charge is 2.21. The first-order valence-corrected chi connectivity index (χ1v) is 6.13. The summed E-state index contributed by atoms with van der Waals surface area (Å²) in [7, 11) is 0. The number of nitrogens with one attached hydrogen (secondary N) is 1. The van der Waals surface area contributed by atoms with Gasteiger partial charge in [0.15, 0.2) is 0 Å². The first-order valence-electron chi connectivity index (χ1n) is 6.13. The molecule has 1 aromatic rings. The highest BCUT2D eigenvalue weighted by atomic mass is 16.4. The van der Waals surface area contributed by atoms with Gasteiger partial charge in [-0.1, -0.05) is 17.2 Å².